The second-order valence-electron chi connectivity index (χ2n) is 12.2. The summed E-state index contributed by atoms with van der Waals surface area (Å²) in [6, 6.07) is 10.1. The van der Waals surface area contributed by atoms with Crippen molar-refractivity contribution in [2.24, 2.45) is 5.41 Å². The number of carbonyl (C=O) groups excluding carboxylic acids is 1. The van der Waals surface area contributed by atoms with Gasteiger partial charge in [0.25, 0.3) is 0 Å². The number of likely N-dealkylation sites (tertiary alicyclic amines) is 1. The van der Waals surface area contributed by atoms with Gasteiger partial charge in [0.15, 0.2) is 5.79 Å². The number of ether oxygens (including phenoxy) is 2. The molecule has 39 heavy (non-hydrogen) atoms. The maximum Gasteiger partial charge on any atom is 0.426 e. The van der Waals surface area contributed by atoms with E-state index in [0.717, 1.165) is 11.1 Å². The third-order valence-electron chi connectivity index (χ3n) is 8.90. The molecule has 3 aliphatic rings. The predicted octanol–water partition coefficient (Wildman–Crippen LogP) is 6.39. The largest absolute Gasteiger partial charge is 0.426 e. The normalized spacial score (nSPS) is 27.4. The number of carbonyl (C=O) groups is 1. The molecule has 2 heterocycles. The highest BCUT2D eigenvalue weighted by Crippen LogP contribution is 2.52. The maximum absolute atomic E-state index is 14.9. The van der Waals surface area contributed by atoms with Gasteiger partial charge in [-0.25, -0.2) is 8.78 Å². The van der Waals surface area contributed by atoms with Crippen LogP contribution in [0.1, 0.15) is 62.8 Å². The van der Waals surface area contributed by atoms with Gasteiger partial charge in [0, 0.05) is 18.0 Å². The molecule has 1 aliphatic carbocycles. The Morgan fingerprint density at radius 3 is 2.28 bits per heavy atom. The minimum atomic E-state index is -5.05. The topological polar surface area (TPSA) is 38.8 Å². The number of halogens is 5. The second kappa shape index (κ2) is 9.26. The standard InChI is InChI=1S/C30H34F5NO3/c1-26(2)38-17-27(3,18-39-26)25(37)36-14-13-29(16-19-5-9-22(31)10-6-19)23-11-8-21(28(4,32)30(33,34)35)15-20(23)7-12-24(29)36/h5-6,8-11,15,24H,7,12-14,16-18H2,1-4H3/t24-,28?,29-/m1/s1. The van der Waals surface area contributed by atoms with Crippen LogP contribution in [0.3, 0.4) is 0 Å². The van der Waals surface area contributed by atoms with E-state index in [-0.39, 0.29) is 31.0 Å². The van der Waals surface area contributed by atoms with Crippen LogP contribution in [0.5, 0.6) is 0 Å². The molecule has 2 aliphatic heterocycles. The fourth-order valence-electron chi connectivity index (χ4n) is 6.45. The van der Waals surface area contributed by atoms with Crippen molar-refractivity contribution in [1.29, 1.82) is 0 Å². The van der Waals surface area contributed by atoms with E-state index >= 15 is 0 Å². The average Bonchev–Trinajstić information content (AvgIpc) is 3.25. The van der Waals surface area contributed by atoms with Crippen LogP contribution in [0.2, 0.25) is 0 Å². The summed E-state index contributed by atoms with van der Waals surface area (Å²) in [6.07, 6.45) is -3.08. The molecule has 3 atom stereocenters. The molecule has 2 fully saturated rings. The summed E-state index contributed by atoms with van der Waals surface area (Å²) >= 11 is 0. The molecule has 0 saturated carbocycles. The number of nitrogens with zero attached hydrogens (tertiary/aromatic N) is 1. The van der Waals surface area contributed by atoms with Crippen molar-refractivity contribution >= 4 is 5.91 Å². The molecule has 212 valence electrons. The van der Waals surface area contributed by atoms with E-state index in [1.54, 1.807) is 32.0 Å². The summed E-state index contributed by atoms with van der Waals surface area (Å²) in [5.41, 5.74) is -3.07. The maximum atomic E-state index is 14.9. The first-order valence-electron chi connectivity index (χ1n) is 13.3. The third kappa shape index (κ3) is 4.75. The number of hydrogen-bond acceptors (Lipinski definition) is 3. The third-order valence-corrected chi connectivity index (χ3v) is 8.90. The summed E-state index contributed by atoms with van der Waals surface area (Å²) in [7, 11) is 0. The SMILES string of the molecule is CC1(C)OCC(C)(C(=O)N2CC[C@@]3(Cc4ccc(F)cc4)c4ccc(C(C)(F)C(F)(F)F)cc4CC[C@@H]23)CO1. The van der Waals surface area contributed by atoms with Gasteiger partial charge in [-0.15, -0.1) is 0 Å². The van der Waals surface area contributed by atoms with Gasteiger partial charge < -0.3 is 14.4 Å². The number of benzene rings is 2. The van der Waals surface area contributed by atoms with Crippen molar-refractivity contribution in [1.82, 2.24) is 4.90 Å². The first kappa shape index (κ1) is 28.0. The van der Waals surface area contributed by atoms with Crippen LogP contribution in [0.4, 0.5) is 22.0 Å². The molecule has 0 radical (unpaired) electrons. The van der Waals surface area contributed by atoms with Gasteiger partial charge in [-0.2, -0.15) is 13.2 Å². The van der Waals surface area contributed by atoms with Crippen molar-refractivity contribution in [2.45, 2.75) is 82.5 Å². The Morgan fingerprint density at radius 1 is 1.03 bits per heavy atom. The first-order valence-corrected chi connectivity index (χ1v) is 13.3. The molecule has 0 bridgehead atoms. The highest BCUT2D eigenvalue weighted by atomic mass is 19.4. The molecule has 2 aromatic carbocycles. The number of rotatable bonds is 4. The van der Waals surface area contributed by atoms with Gasteiger partial charge in [0.2, 0.25) is 11.6 Å². The summed E-state index contributed by atoms with van der Waals surface area (Å²) in [5.74, 6) is -1.23. The lowest BCUT2D eigenvalue weighted by atomic mass is 9.63. The second-order valence-corrected chi connectivity index (χ2v) is 12.2. The molecule has 9 heteroatoms. The van der Waals surface area contributed by atoms with Crippen molar-refractivity contribution < 1.29 is 36.2 Å². The van der Waals surface area contributed by atoms with Gasteiger partial charge in [0.1, 0.15) is 5.82 Å². The Kier molecular flexibility index (Phi) is 6.66. The van der Waals surface area contributed by atoms with Crippen molar-refractivity contribution in [3.05, 3.63) is 70.5 Å². The fraction of sp³-hybridized carbons (Fsp3) is 0.567. The molecule has 0 spiro atoms. The molecule has 1 amide bonds. The van der Waals surface area contributed by atoms with Crippen molar-refractivity contribution in [3.63, 3.8) is 0 Å². The molecule has 4 nitrogen and oxygen atoms in total. The minimum absolute atomic E-state index is 0.0857. The van der Waals surface area contributed by atoms with Crippen LogP contribution < -0.4 is 0 Å². The summed E-state index contributed by atoms with van der Waals surface area (Å²) < 4.78 is 80.7. The molecule has 0 N–H and O–H groups in total. The average molecular weight is 552 g/mol. The van der Waals surface area contributed by atoms with E-state index in [1.165, 1.54) is 24.3 Å². The Morgan fingerprint density at radius 2 is 1.67 bits per heavy atom. The smallest absolute Gasteiger partial charge is 0.349 e. The Hall–Kier alpha value is -2.52. The fourth-order valence-corrected chi connectivity index (χ4v) is 6.45. The lowest BCUT2D eigenvalue weighted by molar-refractivity contribution is -0.279. The van der Waals surface area contributed by atoms with Crippen LogP contribution in [-0.4, -0.2) is 48.6 Å². The van der Waals surface area contributed by atoms with Crippen LogP contribution in [0.15, 0.2) is 42.5 Å². The quantitative estimate of drug-likeness (QED) is 0.414. The number of hydrogen-bond donors (Lipinski definition) is 0. The van der Waals surface area contributed by atoms with Crippen LogP contribution in [0.25, 0.3) is 0 Å². The molecular formula is C30H34F5NO3. The molecule has 5 rings (SSSR count). The van der Waals surface area contributed by atoms with E-state index in [2.05, 4.69) is 0 Å². The lowest BCUT2D eigenvalue weighted by Gasteiger charge is -2.47. The molecule has 0 aromatic heterocycles. The number of fused-ring (bicyclic) bond motifs is 3. The number of aryl methyl sites for hydroxylation is 1. The zero-order chi connectivity index (χ0) is 28.4. The number of alkyl halides is 4. The molecule has 2 aromatic rings. The van der Waals surface area contributed by atoms with Crippen molar-refractivity contribution in [2.75, 3.05) is 19.8 Å². The highest BCUT2D eigenvalue weighted by Gasteiger charge is 2.57. The predicted molar refractivity (Wildman–Crippen MR) is 135 cm³/mol. The molecule has 2 saturated heterocycles. The van der Waals surface area contributed by atoms with E-state index in [1.807, 2.05) is 11.8 Å². The minimum Gasteiger partial charge on any atom is -0.349 e. The van der Waals surface area contributed by atoms with Crippen LogP contribution in [-0.2, 0) is 38.2 Å². The van der Waals surface area contributed by atoms with Gasteiger partial charge in [-0.3, -0.25) is 4.79 Å². The monoisotopic (exact) mass is 551 g/mol. The van der Waals surface area contributed by atoms with Crippen molar-refractivity contribution in [3.8, 4) is 0 Å². The molecular weight excluding hydrogens is 517 g/mol. The van der Waals surface area contributed by atoms with Gasteiger partial charge in [0.05, 0.1) is 18.6 Å². The Balaban J connectivity index is 1.54. The van der Waals surface area contributed by atoms with Gasteiger partial charge in [-0.1, -0.05) is 30.3 Å². The summed E-state index contributed by atoms with van der Waals surface area (Å²) in [4.78, 5) is 15.9. The van der Waals surface area contributed by atoms with Crippen LogP contribution in [0, 0.1) is 11.2 Å². The molecule has 1 unspecified atom stereocenters. The zero-order valence-electron chi connectivity index (χ0n) is 22.6. The van der Waals surface area contributed by atoms with E-state index in [4.69, 9.17) is 9.47 Å². The van der Waals surface area contributed by atoms with Gasteiger partial charge in [-0.05, 0) is 87.8 Å². The van der Waals surface area contributed by atoms with Gasteiger partial charge >= 0.3 is 6.18 Å². The number of amides is 1. The first-order chi connectivity index (χ1) is 18.1. The van der Waals surface area contributed by atoms with E-state index in [9.17, 15) is 26.7 Å². The Labute approximate surface area is 225 Å². The lowest BCUT2D eigenvalue weighted by Crippen LogP contribution is -2.57. The van der Waals surface area contributed by atoms with Crippen LogP contribution >= 0.6 is 0 Å². The van der Waals surface area contributed by atoms with E-state index in [0.29, 0.717) is 44.7 Å². The van der Waals surface area contributed by atoms with E-state index < -0.39 is 34.0 Å². The summed E-state index contributed by atoms with van der Waals surface area (Å²) in [5, 5.41) is 0. The summed E-state index contributed by atoms with van der Waals surface area (Å²) in [6.45, 7) is 6.84. The highest BCUT2D eigenvalue weighted by molar-refractivity contribution is 5.84. The zero-order valence-corrected chi connectivity index (χ0v) is 22.6. The Bertz CT molecular complexity index is 1250.